The van der Waals surface area contributed by atoms with Crippen LogP contribution in [0.5, 0.6) is 0 Å². The van der Waals surface area contributed by atoms with Crippen molar-refractivity contribution in [3.8, 4) is 0 Å². The Hall–Kier alpha value is -0.650. The van der Waals surface area contributed by atoms with E-state index >= 15 is 0 Å². The predicted octanol–water partition coefficient (Wildman–Crippen LogP) is 9.93. The summed E-state index contributed by atoms with van der Waals surface area (Å²) in [6, 6.07) is -0.650. The zero-order chi connectivity index (χ0) is 30.9. The lowest BCUT2D eigenvalue weighted by molar-refractivity contribution is -0.125. The lowest BCUT2D eigenvalue weighted by atomic mass is 10.0. The van der Waals surface area contributed by atoms with Crippen LogP contribution in [0.15, 0.2) is 0 Å². The standard InChI is InChI=1S/C37H75NO4/c1-3-5-7-9-11-13-15-17-19-21-23-25-27-29-31-36(41)35(33-39)38-37(42)32-34(40)30-28-26-24-22-20-18-16-14-12-10-8-6-4-2/h34-36,39-41H,3-33H2,1-2H3,(H,38,42). The fourth-order valence-electron chi connectivity index (χ4n) is 5.99. The Balaban J connectivity index is 3.65. The van der Waals surface area contributed by atoms with E-state index in [2.05, 4.69) is 19.2 Å². The highest BCUT2D eigenvalue weighted by Gasteiger charge is 2.21. The molecule has 0 aliphatic carbocycles. The van der Waals surface area contributed by atoms with E-state index in [0.29, 0.717) is 12.8 Å². The number of rotatable bonds is 34. The molecule has 0 aromatic rings. The van der Waals surface area contributed by atoms with Gasteiger partial charge in [-0.15, -0.1) is 0 Å². The summed E-state index contributed by atoms with van der Waals surface area (Å²) in [7, 11) is 0. The van der Waals surface area contributed by atoms with Crippen molar-refractivity contribution in [3.63, 3.8) is 0 Å². The minimum atomic E-state index is -0.741. The molecule has 0 aromatic heterocycles. The molecule has 0 heterocycles. The van der Waals surface area contributed by atoms with Gasteiger partial charge in [0.1, 0.15) is 0 Å². The summed E-state index contributed by atoms with van der Waals surface area (Å²) in [5.74, 6) is -0.281. The van der Waals surface area contributed by atoms with E-state index in [-0.39, 0.29) is 18.9 Å². The van der Waals surface area contributed by atoms with Crippen LogP contribution in [0.3, 0.4) is 0 Å². The topological polar surface area (TPSA) is 89.8 Å². The summed E-state index contributed by atoms with van der Waals surface area (Å²) in [4.78, 5) is 12.4. The smallest absolute Gasteiger partial charge is 0.222 e. The molecular weight excluding hydrogens is 522 g/mol. The third-order valence-corrected chi connectivity index (χ3v) is 8.92. The number of amides is 1. The maximum atomic E-state index is 12.4. The molecule has 0 bridgehead atoms. The molecule has 5 heteroatoms. The second-order valence-corrected chi connectivity index (χ2v) is 13.2. The van der Waals surface area contributed by atoms with Gasteiger partial charge in [-0.1, -0.05) is 187 Å². The zero-order valence-electron chi connectivity index (χ0n) is 28.4. The van der Waals surface area contributed by atoms with Gasteiger partial charge in [-0.05, 0) is 12.8 Å². The fraction of sp³-hybridized carbons (Fsp3) is 0.973. The third-order valence-electron chi connectivity index (χ3n) is 8.92. The molecule has 0 spiro atoms. The van der Waals surface area contributed by atoms with Gasteiger partial charge in [-0.2, -0.15) is 0 Å². The minimum Gasteiger partial charge on any atom is -0.394 e. The quantitative estimate of drug-likeness (QED) is 0.0556. The molecule has 3 atom stereocenters. The Morgan fingerprint density at radius 3 is 1.14 bits per heavy atom. The number of nitrogens with one attached hydrogen (secondary N) is 1. The highest BCUT2D eigenvalue weighted by Crippen LogP contribution is 2.16. The fourth-order valence-corrected chi connectivity index (χ4v) is 5.99. The molecule has 252 valence electrons. The van der Waals surface area contributed by atoms with Crippen LogP contribution >= 0.6 is 0 Å². The molecule has 0 fully saturated rings. The van der Waals surface area contributed by atoms with Crippen LogP contribution < -0.4 is 5.32 Å². The molecule has 0 rings (SSSR count). The van der Waals surface area contributed by atoms with Crippen molar-refractivity contribution in [1.29, 1.82) is 0 Å². The number of hydrogen-bond acceptors (Lipinski definition) is 4. The maximum Gasteiger partial charge on any atom is 0.222 e. The average molecular weight is 598 g/mol. The van der Waals surface area contributed by atoms with Gasteiger partial charge in [0.2, 0.25) is 5.91 Å². The van der Waals surface area contributed by atoms with Crippen LogP contribution in [0, 0.1) is 0 Å². The van der Waals surface area contributed by atoms with Crippen molar-refractivity contribution in [3.05, 3.63) is 0 Å². The molecule has 0 saturated carbocycles. The van der Waals surface area contributed by atoms with Gasteiger partial charge < -0.3 is 20.6 Å². The van der Waals surface area contributed by atoms with Crippen molar-refractivity contribution in [2.45, 2.75) is 225 Å². The monoisotopic (exact) mass is 598 g/mol. The van der Waals surface area contributed by atoms with Crippen molar-refractivity contribution in [2.75, 3.05) is 6.61 Å². The lowest BCUT2D eigenvalue weighted by Gasteiger charge is -2.23. The van der Waals surface area contributed by atoms with Crippen molar-refractivity contribution in [2.24, 2.45) is 0 Å². The highest BCUT2D eigenvalue weighted by molar-refractivity contribution is 5.76. The highest BCUT2D eigenvalue weighted by atomic mass is 16.3. The first-order valence-corrected chi connectivity index (χ1v) is 18.8. The number of unbranched alkanes of at least 4 members (excludes halogenated alkanes) is 25. The second kappa shape index (κ2) is 33.2. The first-order chi connectivity index (χ1) is 20.5. The van der Waals surface area contributed by atoms with Crippen molar-refractivity contribution >= 4 is 5.91 Å². The van der Waals surface area contributed by atoms with Gasteiger partial charge in [0.25, 0.3) is 0 Å². The summed E-state index contributed by atoms with van der Waals surface area (Å²) in [6.07, 6.45) is 34.8. The maximum absolute atomic E-state index is 12.4. The number of hydrogen-bond donors (Lipinski definition) is 4. The van der Waals surface area contributed by atoms with Crippen LogP contribution in [0.4, 0.5) is 0 Å². The first-order valence-electron chi connectivity index (χ1n) is 18.8. The van der Waals surface area contributed by atoms with E-state index in [0.717, 1.165) is 25.7 Å². The van der Waals surface area contributed by atoms with Crippen LogP contribution in [0.1, 0.15) is 206 Å². The Morgan fingerprint density at radius 2 is 0.810 bits per heavy atom. The summed E-state index contributed by atoms with van der Waals surface area (Å²) >= 11 is 0. The summed E-state index contributed by atoms with van der Waals surface area (Å²) in [5.41, 5.74) is 0. The van der Waals surface area contributed by atoms with Gasteiger partial charge >= 0.3 is 0 Å². The van der Waals surface area contributed by atoms with Crippen molar-refractivity contribution in [1.82, 2.24) is 5.32 Å². The summed E-state index contributed by atoms with van der Waals surface area (Å²) in [6.45, 7) is 4.25. The van der Waals surface area contributed by atoms with E-state index < -0.39 is 18.2 Å². The van der Waals surface area contributed by atoms with Gasteiger partial charge in [0.05, 0.1) is 31.3 Å². The largest absolute Gasteiger partial charge is 0.394 e. The van der Waals surface area contributed by atoms with Gasteiger partial charge in [0, 0.05) is 0 Å². The number of aliphatic hydroxyl groups is 3. The molecule has 1 amide bonds. The molecular formula is C37H75NO4. The predicted molar refractivity (Wildman–Crippen MR) is 181 cm³/mol. The van der Waals surface area contributed by atoms with E-state index in [1.54, 1.807) is 0 Å². The van der Waals surface area contributed by atoms with E-state index in [9.17, 15) is 20.1 Å². The van der Waals surface area contributed by atoms with Crippen LogP contribution in [0.25, 0.3) is 0 Å². The Morgan fingerprint density at radius 1 is 0.500 bits per heavy atom. The summed E-state index contributed by atoms with van der Waals surface area (Å²) < 4.78 is 0. The normalized spacial score (nSPS) is 13.7. The van der Waals surface area contributed by atoms with Crippen molar-refractivity contribution < 1.29 is 20.1 Å². The average Bonchev–Trinajstić information content (AvgIpc) is 2.98. The molecule has 5 nitrogen and oxygen atoms in total. The lowest BCUT2D eigenvalue weighted by Crippen LogP contribution is -2.46. The SMILES string of the molecule is CCCCCCCCCCCCCCCCC(O)C(CO)NC(=O)CC(O)CCCCCCCCCCCCCCC. The number of carbonyl (C=O) groups is 1. The minimum absolute atomic E-state index is 0.0420. The molecule has 0 aromatic carbocycles. The molecule has 0 aliphatic rings. The molecule has 4 N–H and O–H groups in total. The van der Waals surface area contributed by atoms with E-state index in [1.165, 1.54) is 148 Å². The molecule has 0 saturated heterocycles. The molecule has 0 aliphatic heterocycles. The number of carbonyl (C=O) groups excluding carboxylic acids is 1. The zero-order valence-corrected chi connectivity index (χ0v) is 28.4. The third kappa shape index (κ3) is 29.4. The van der Waals surface area contributed by atoms with E-state index in [1.807, 2.05) is 0 Å². The second-order valence-electron chi connectivity index (χ2n) is 13.2. The van der Waals surface area contributed by atoms with Crippen LogP contribution in [0.2, 0.25) is 0 Å². The van der Waals surface area contributed by atoms with E-state index in [4.69, 9.17) is 0 Å². The molecule has 0 radical (unpaired) electrons. The first kappa shape index (κ1) is 41.4. The molecule has 42 heavy (non-hydrogen) atoms. The van der Waals surface area contributed by atoms with Crippen LogP contribution in [-0.2, 0) is 4.79 Å². The van der Waals surface area contributed by atoms with Gasteiger partial charge in [-0.3, -0.25) is 4.79 Å². The Bertz CT molecular complexity index is 544. The Labute approximate surface area is 262 Å². The number of aliphatic hydroxyl groups excluding tert-OH is 3. The van der Waals surface area contributed by atoms with Gasteiger partial charge in [0.15, 0.2) is 0 Å². The van der Waals surface area contributed by atoms with Crippen LogP contribution in [-0.4, -0.2) is 46.1 Å². The molecule has 3 unspecified atom stereocenters. The van der Waals surface area contributed by atoms with Gasteiger partial charge in [-0.25, -0.2) is 0 Å². The Kier molecular flexibility index (Phi) is 32.7. The summed E-state index contributed by atoms with van der Waals surface area (Å²) in [5, 5.41) is 33.2.